The fraction of sp³-hybridized carbons (Fsp3) is 0.125. The Balaban J connectivity index is 2.19. The summed E-state index contributed by atoms with van der Waals surface area (Å²) in [5.74, 6) is 5.85. The van der Waals surface area contributed by atoms with Gasteiger partial charge in [0, 0.05) is 5.69 Å². The van der Waals surface area contributed by atoms with Crippen LogP contribution in [0.3, 0.4) is 0 Å². The Morgan fingerprint density at radius 1 is 1.29 bits per heavy atom. The summed E-state index contributed by atoms with van der Waals surface area (Å²) in [5.41, 5.74) is 2.10. The van der Waals surface area contributed by atoms with E-state index in [0.29, 0.717) is 5.95 Å². The molecule has 0 aliphatic rings. The van der Waals surface area contributed by atoms with Gasteiger partial charge < -0.3 is 11.2 Å². The number of nitrogens with zero attached hydrogens (tertiary/aromatic N) is 4. The summed E-state index contributed by atoms with van der Waals surface area (Å²) in [6.07, 6.45) is 0. The first-order chi connectivity index (χ1) is 6.75. The molecular weight excluding hydrogens is 180 g/mol. The van der Waals surface area contributed by atoms with Gasteiger partial charge in [0.15, 0.2) is 0 Å². The molecule has 6 nitrogen and oxygen atoms in total. The third-order valence-corrected chi connectivity index (χ3v) is 1.80. The molecule has 1 aromatic heterocycles. The van der Waals surface area contributed by atoms with Crippen molar-refractivity contribution in [2.75, 3.05) is 11.2 Å². The molecule has 14 heavy (non-hydrogen) atoms. The third kappa shape index (κ3) is 1.63. The molecule has 3 N–H and O–H groups in total. The molecule has 1 aromatic carbocycles. The minimum absolute atomic E-state index is 0.411. The number of benzene rings is 1. The number of nitrogens with one attached hydrogen (secondary N) is 1. The first-order valence-electron chi connectivity index (χ1n) is 4.13. The van der Waals surface area contributed by atoms with E-state index in [0.717, 1.165) is 10.5 Å². The van der Waals surface area contributed by atoms with Gasteiger partial charge in [-0.3, -0.25) is 0 Å². The van der Waals surface area contributed by atoms with Crippen molar-refractivity contribution in [2.45, 2.75) is 6.92 Å². The highest BCUT2D eigenvalue weighted by Gasteiger charge is 2.01. The summed E-state index contributed by atoms with van der Waals surface area (Å²) in [7, 11) is 0. The maximum atomic E-state index is 5.44. The molecule has 0 spiro atoms. The van der Waals surface area contributed by atoms with Crippen molar-refractivity contribution in [1.29, 1.82) is 0 Å². The lowest BCUT2D eigenvalue weighted by molar-refractivity contribution is 0.760. The van der Waals surface area contributed by atoms with Gasteiger partial charge in [-0.2, -0.15) is 0 Å². The number of nitrogens with two attached hydrogens (primary N) is 1. The van der Waals surface area contributed by atoms with Crippen LogP contribution in [0.25, 0.3) is 0 Å². The first-order valence-corrected chi connectivity index (χ1v) is 4.13. The van der Waals surface area contributed by atoms with E-state index in [1.165, 1.54) is 5.56 Å². The van der Waals surface area contributed by atoms with Gasteiger partial charge in [-0.05, 0) is 29.5 Å². The lowest BCUT2D eigenvalue weighted by atomic mass is 10.2. The van der Waals surface area contributed by atoms with Crippen LogP contribution in [-0.4, -0.2) is 20.3 Å². The third-order valence-electron chi connectivity index (χ3n) is 1.80. The van der Waals surface area contributed by atoms with Crippen LogP contribution in [0.1, 0.15) is 5.56 Å². The average Bonchev–Trinajstić information content (AvgIpc) is 2.56. The second-order valence-electron chi connectivity index (χ2n) is 2.94. The van der Waals surface area contributed by atoms with E-state index < -0.39 is 0 Å². The SMILES string of the molecule is Cc1ccc(Nc2nnnn2N)cc1. The number of aryl methyl sites for hydroxylation is 1. The molecule has 0 fully saturated rings. The van der Waals surface area contributed by atoms with Gasteiger partial charge in [0.25, 0.3) is 5.95 Å². The van der Waals surface area contributed by atoms with E-state index in [1.54, 1.807) is 0 Å². The molecule has 0 amide bonds. The number of hydrogen-bond donors (Lipinski definition) is 2. The fourth-order valence-electron chi connectivity index (χ4n) is 1.04. The number of tetrazole rings is 1. The number of aromatic nitrogens is 4. The van der Waals surface area contributed by atoms with Gasteiger partial charge in [0.2, 0.25) is 0 Å². The molecule has 1 heterocycles. The Morgan fingerprint density at radius 2 is 2.00 bits per heavy atom. The highest BCUT2D eigenvalue weighted by molar-refractivity contribution is 5.53. The molecule has 0 bridgehead atoms. The second-order valence-corrected chi connectivity index (χ2v) is 2.94. The van der Waals surface area contributed by atoms with Gasteiger partial charge in [-0.15, -0.1) is 4.79 Å². The minimum atomic E-state index is 0.411. The summed E-state index contributed by atoms with van der Waals surface area (Å²) in [4.78, 5) is 1.08. The maximum Gasteiger partial charge on any atom is 0.267 e. The molecule has 72 valence electrons. The van der Waals surface area contributed by atoms with E-state index in [-0.39, 0.29) is 0 Å². The van der Waals surface area contributed by atoms with Gasteiger partial charge in [0.1, 0.15) is 0 Å². The van der Waals surface area contributed by atoms with E-state index in [1.807, 2.05) is 31.2 Å². The topological polar surface area (TPSA) is 81.7 Å². The number of hydrogen-bond acceptors (Lipinski definition) is 5. The Labute approximate surface area is 80.7 Å². The number of anilines is 2. The maximum absolute atomic E-state index is 5.44. The summed E-state index contributed by atoms with van der Waals surface area (Å²) >= 11 is 0. The van der Waals surface area contributed by atoms with Crippen LogP contribution in [0.5, 0.6) is 0 Å². The zero-order valence-corrected chi connectivity index (χ0v) is 7.68. The zero-order valence-electron chi connectivity index (χ0n) is 7.68. The van der Waals surface area contributed by atoms with Gasteiger partial charge in [-0.1, -0.05) is 22.8 Å². The predicted molar refractivity (Wildman–Crippen MR) is 52.4 cm³/mol. The van der Waals surface area contributed by atoms with Crippen molar-refractivity contribution in [2.24, 2.45) is 0 Å². The molecule has 0 atom stereocenters. The van der Waals surface area contributed by atoms with E-state index in [2.05, 4.69) is 20.8 Å². The standard InChI is InChI=1S/C8H10N6/c1-6-2-4-7(5-3-6)10-8-11-12-13-14(8)9/h2-5H,9H2,1H3,(H,10,11,13). The normalized spacial score (nSPS) is 10.1. The Bertz CT molecular complexity index is 418. The van der Waals surface area contributed by atoms with E-state index in [4.69, 9.17) is 5.84 Å². The number of nitrogen functional groups attached to an aromatic ring is 1. The van der Waals surface area contributed by atoms with Gasteiger partial charge >= 0.3 is 0 Å². The lowest BCUT2D eigenvalue weighted by Crippen LogP contribution is -2.13. The van der Waals surface area contributed by atoms with E-state index >= 15 is 0 Å². The largest absolute Gasteiger partial charge is 0.322 e. The molecule has 0 saturated carbocycles. The number of rotatable bonds is 2. The molecule has 0 aliphatic heterocycles. The van der Waals surface area contributed by atoms with Crippen molar-refractivity contribution >= 4 is 11.6 Å². The highest BCUT2D eigenvalue weighted by atomic mass is 15.7. The molecule has 2 rings (SSSR count). The first kappa shape index (κ1) is 8.49. The minimum Gasteiger partial charge on any atom is -0.322 e. The van der Waals surface area contributed by atoms with Crippen molar-refractivity contribution in [3.05, 3.63) is 29.8 Å². The van der Waals surface area contributed by atoms with Gasteiger partial charge in [-0.25, -0.2) is 0 Å². The quantitative estimate of drug-likeness (QED) is 0.671. The lowest BCUT2D eigenvalue weighted by Gasteiger charge is -2.03. The van der Waals surface area contributed by atoms with Crippen LogP contribution in [0.4, 0.5) is 11.6 Å². The molecule has 0 radical (unpaired) electrons. The summed E-state index contributed by atoms with van der Waals surface area (Å²) < 4.78 is 0. The summed E-state index contributed by atoms with van der Waals surface area (Å²) in [6.45, 7) is 2.02. The zero-order chi connectivity index (χ0) is 9.97. The predicted octanol–water partition coefficient (Wildman–Crippen LogP) is 0.439. The van der Waals surface area contributed by atoms with Crippen LogP contribution < -0.4 is 11.2 Å². The molecule has 6 heteroatoms. The van der Waals surface area contributed by atoms with Crippen LogP contribution in [0.2, 0.25) is 0 Å². The molecule has 2 aromatic rings. The Hall–Kier alpha value is -2.11. The Kier molecular flexibility index (Phi) is 2.02. The van der Waals surface area contributed by atoms with E-state index in [9.17, 15) is 0 Å². The molecule has 0 aliphatic carbocycles. The molecule has 0 unspecified atom stereocenters. The van der Waals surface area contributed by atoms with Crippen LogP contribution in [-0.2, 0) is 0 Å². The molecular formula is C8H10N6. The van der Waals surface area contributed by atoms with Crippen LogP contribution >= 0.6 is 0 Å². The fourth-order valence-corrected chi connectivity index (χ4v) is 1.04. The van der Waals surface area contributed by atoms with Crippen molar-refractivity contribution in [1.82, 2.24) is 20.3 Å². The van der Waals surface area contributed by atoms with Crippen LogP contribution in [0, 0.1) is 6.92 Å². The Morgan fingerprint density at radius 3 is 2.57 bits per heavy atom. The monoisotopic (exact) mass is 190 g/mol. The summed E-state index contributed by atoms with van der Waals surface area (Å²) in [6, 6.07) is 7.86. The summed E-state index contributed by atoms with van der Waals surface area (Å²) in [5, 5.41) is 13.6. The van der Waals surface area contributed by atoms with Crippen molar-refractivity contribution < 1.29 is 0 Å². The van der Waals surface area contributed by atoms with Gasteiger partial charge in [0.05, 0.1) is 0 Å². The van der Waals surface area contributed by atoms with Crippen LogP contribution in [0.15, 0.2) is 24.3 Å². The average molecular weight is 190 g/mol. The second kappa shape index (κ2) is 3.33. The van der Waals surface area contributed by atoms with Crippen molar-refractivity contribution in [3.8, 4) is 0 Å². The molecule has 0 saturated heterocycles. The smallest absolute Gasteiger partial charge is 0.267 e. The van der Waals surface area contributed by atoms with Crippen molar-refractivity contribution in [3.63, 3.8) is 0 Å². The highest BCUT2D eigenvalue weighted by Crippen LogP contribution is 2.12.